The lowest BCUT2D eigenvalue weighted by atomic mass is 9.81. The van der Waals surface area contributed by atoms with Crippen LogP contribution in [0.3, 0.4) is 0 Å². The second kappa shape index (κ2) is 39.1. The Kier molecular flexibility index (Phi) is 31.6. The molecule has 5 fully saturated rings. The van der Waals surface area contributed by atoms with Gasteiger partial charge < -0.3 is 60.0 Å². The third kappa shape index (κ3) is 22.4. The zero-order chi connectivity index (χ0) is 78.1. The van der Waals surface area contributed by atoms with Crippen LogP contribution in [0.15, 0.2) is 29.1 Å². The first-order valence-electron chi connectivity index (χ1n) is 38.1. The maximum Gasteiger partial charge on any atom is 0.417 e. The van der Waals surface area contributed by atoms with Crippen LogP contribution in [0.1, 0.15) is 192 Å². The number of likely N-dealkylation sites (N-methyl/N-ethyl adjacent to an activating group) is 8. The Morgan fingerprint density at radius 1 is 0.632 bits per heavy atom. The molecule has 3 saturated carbocycles. The minimum atomic E-state index is -4.78. The number of nitrogens with zero attached hydrogens (tertiary/aromatic N) is 10. The number of hydrogen-bond acceptors (Lipinski definition) is 14. The molecule has 7 rings (SSSR count). The number of rotatable bonds is 14. The zero-order valence-corrected chi connectivity index (χ0v) is 65.8. The summed E-state index contributed by atoms with van der Waals surface area (Å²) in [6, 6.07) is -5.94. The van der Waals surface area contributed by atoms with Crippen molar-refractivity contribution in [2.24, 2.45) is 23.7 Å². The molecule has 30 heteroatoms. The smallest absolute Gasteiger partial charge is 0.343 e. The number of aromatic nitrogens is 1. The van der Waals surface area contributed by atoms with Crippen molar-refractivity contribution in [3.8, 4) is 0 Å². The highest BCUT2D eigenvalue weighted by atomic mass is 35.5. The van der Waals surface area contributed by atoms with E-state index in [9.17, 15) is 41.9 Å². The van der Waals surface area contributed by atoms with Crippen molar-refractivity contribution < 1.29 is 70.7 Å². The molecule has 590 valence electrons. The van der Waals surface area contributed by atoms with Gasteiger partial charge in [0.15, 0.2) is 0 Å². The maximum absolute atomic E-state index is 16.0. The van der Waals surface area contributed by atoms with Gasteiger partial charge in [-0.3, -0.25) is 57.5 Å². The van der Waals surface area contributed by atoms with Crippen LogP contribution in [0.25, 0.3) is 0 Å². The zero-order valence-electron chi connectivity index (χ0n) is 64.2. The summed E-state index contributed by atoms with van der Waals surface area (Å²) >= 11 is 7.52. The molecular formula is C76H115ClF3N13O12S. The van der Waals surface area contributed by atoms with Crippen molar-refractivity contribution in [3.05, 3.63) is 50.9 Å². The van der Waals surface area contributed by atoms with E-state index in [0.717, 1.165) is 89.5 Å². The van der Waals surface area contributed by atoms with E-state index in [0.29, 0.717) is 63.7 Å². The average molecular weight is 1530 g/mol. The summed E-state index contributed by atoms with van der Waals surface area (Å²) in [7, 11) is 11.4. The normalized spacial score (nSPS) is 25.6. The van der Waals surface area contributed by atoms with Gasteiger partial charge in [0, 0.05) is 74.9 Å². The Hall–Kier alpha value is -7.43. The molecule has 12 amide bonds. The second-order valence-electron chi connectivity index (χ2n) is 31.0. The Labute approximate surface area is 632 Å². The minimum Gasteiger partial charge on any atom is -0.343 e. The lowest BCUT2D eigenvalue weighted by Crippen LogP contribution is -2.65. The molecule has 1 spiro atoms. The number of benzene rings is 1. The molecular weight excluding hydrogens is 1410 g/mol. The first-order valence-corrected chi connectivity index (χ1v) is 39.4. The van der Waals surface area contributed by atoms with E-state index in [4.69, 9.17) is 11.6 Å². The van der Waals surface area contributed by atoms with Crippen molar-refractivity contribution >= 4 is 93.8 Å². The molecule has 25 nitrogen and oxygen atoms in total. The largest absolute Gasteiger partial charge is 0.417 e. The lowest BCUT2D eigenvalue weighted by Gasteiger charge is -2.43. The molecule has 106 heavy (non-hydrogen) atoms. The number of halogens is 4. The average Bonchev–Trinajstić information content (AvgIpc) is 1.71. The standard InChI is InChI=1S/C76H115ClF3N13O12S/c1-13-49(4)65-72(103)87(7)44-63(96)85(5)45-64(97)89(9)59(41-50-25-17-14-18-26-50)70(101)86(6)43-61(94)82-56(33-30-51-29-32-54(55(77)40-51)76(78,79)80)69(100)90(10)57(34-31-53-46-106-47-81-53)68(99)84-75(35-21-22-36-75)74(105)92(12)66(52-27-19-15-20-28-52)73(104)91(11)60(71(102)93-37-23-16-24-38-93)42-62(95)88(8)58(39-48(2)3)67(98)83-65/h29,32,40,46-50,52,56-60,65-66H,13-28,30-31,33-39,41-45H2,1-12H3,(H,82,94)(H,83,98)(H,84,99)/t49-,56-,57-,58-,59-,60-,65-,66-/m0/s1. The number of hydrogen-bond donors (Lipinski definition) is 3. The summed E-state index contributed by atoms with van der Waals surface area (Å²) in [6.07, 6.45) is 6.22. The van der Waals surface area contributed by atoms with Gasteiger partial charge in [0.2, 0.25) is 70.9 Å². The Bertz CT molecular complexity index is 3400. The van der Waals surface area contributed by atoms with Crippen molar-refractivity contribution in [2.75, 3.05) is 89.1 Å². The van der Waals surface area contributed by atoms with E-state index in [-0.39, 0.29) is 68.8 Å². The number of carbonyl (C=O) groups is 12. The van der Waals surface area contributed by atoms with Crippen molar-refractivity contribution in [2.45, 2.75) is 242 Å². The molecule has 2 saturated heterocycles. The van der Waals surface area contributed by atoms with Gasteiger partial charge in [-0.1, -0.05) is 116 Å². The number of amides is 12. The van der Waals surface area contributed by atoms with E-state index in [2.05, 4.69) is 20.9 Å². The fourth-order valence-electron chi connectivity index (χ4n) is 15.9. The van der Waals surface area contributed by atoms with E-state index in [1.54, 1.807) is 22.7 Å². The molecule has 5 aliphatic rings. The van der Waals surface area contributed by atoms with Crippen LogP contribution in [-0.2, 0) is 76.6 Å². The van der Waals surface area contributed by atoms with E-state index >= 15 is 28.8 Å². The predicted octanol–water partition coefficient (Wildman–Crippen LogP) is 7.35. The summed E-state index contributed by atoms with van der Waals surface area (Å²) in [4.78, 5) is 197. The number of nitrogens with one attached hydrogen (secondary N) is 3. The number of likely N-dealkylation sites (tertiary alicyclic amines) is 1. The van der Waals surface area contributed by atoms with Crippen LogP contribution in [-0.4, -0.2) is 257 Å². The lowest BCUT2D eigenvalue weighted by molar-refractivity contribution is -0.157. The third-order valence-electron chi connectivity index (χ3n) is 22.8. The molecule has 0 bridgehead atoms. The monoisotopic (exact) mass is 1530 g/mol. The van der Waals surface area contributed by atoms with Crippen molar-refractivity contribution in [1.82, 2.24) is 65.0 Å². The number of thiazole rings is 1. The molecule has 0 radical (unpaired) electrons. The summed E-state index contributed by atoms with van der Waals surface area (Å²) in [6.45, 7) is 6.34. The van der Waals surface area contributed by atoms with Gasteiger partial charge in [0.25, 0.3) is 0 Å². The van der Waals surface area contributed by atoms with Gasteiger partial charge in [-0.15, -0.1) is 11.3 Å². The molecule has 8 atom stereocenters. The van der Waals surface area contributed by atoms with Gasteiger partial charge in [0.05, 0.1) is 47.8 Å². The number of aryl methyl sites for hydroxylation is 2. The summed E-state index contributed by atoms with van der Waals surface area (Å²) < 4.78 is 42.0. The Morgan fingerprint density at radius 2 is 1.24 bits per heavy atom. The number of alkyl halides is 3. The highest BCUT2D eigenvalue weighted by molar-refractivity contribution is 7.07. The molecule has 0 unspecified atom stereocenters. The van der Waals surface area contributed by atoms with Crippen molar-refractivity contribution in [1.29, 1.82) is 0 Å². The van der Waals surface area contributed by atoms with E-state index in [1.165, 1.54) is 93.4 Å². The first kappa shape index (κ1) is 85.8. The molecule has 1 aromatic heterocycles. The van der Waals surface area contributed by atoms with Crippen LogP contribution in [0.2, 0.25) is 5.02 Å². The topological polar surface area (TPSA) is 283 Å². The summed E-state index contributed by atoms with van der Waals surface area (Å²) in [5.41, 5.74) is -0.255. The van der Waals surface area contributed by atoms with Gasteiger partial charge in [-0.05, 0) is 125 Å². The highest BCUT2D eigenvalue weighted by Gasteiger charge is 2.51. The second-order valence-corrected chi connectivity index (χ2v) is 32.1. The molecule has 3 aliphatic carbocycles. The maximum atomic E-state index is 16.0. The first-order chi connectivity index (χ1) is 50.1. The number of piperidine rings is 1. The van der Waals surface area contributed by atoms with Gasteiger partial charge in [-0.2, -0.15) is 13.2 Å². The molecule has 3 N–H and O–H groups in total. The fourth-order valence-corrected chi connectivity index (χ4v) is 16.8. The summed E-state index contributed by atoms with van der Waals surface area (Å²) in [5, 5.41) is 9.99. The van der Waals surface area contributed by atoms with Crippen LogP contribution >= 0.6 is 22.9 Å². The van der Waals surface area contributed by atoms with Crippen LogP contribution in [0, 0.1) is 23.7 Å². The Morgan fingerprint density at radius 3 is 1.83 bits per heavy atom. The SMILES string of the molecule is CC[C@H](C)[C@@H]1NC(=O)[C@H](CC(C)C)N(C)C(=O)C[C@@H](C(=O)N2CCCCC2)N(C)C(=O)[C@H](C2CCCCC2)N(C)C(=O)C2(CCCC2)NC(=O)[C@H](CCc2cscn2)N(C)C(=O)[C@H](CCc2ccc(C(F)(F)F)c(Cl)c2)NC(=O)CN(C)C(=O)[C@H](CC2CCCCC2)N(C)C(=O)CN(C)C(=O)CN(C)C1=O. The minimum absolute atomic E-state index is 0.00189. The quantitative estimate of drug-likeness (QED) is 0.167. The highest BCUT2D eigenvalue weighted by Crippen LogP contribution is 2.38. The van der Waals surface area contributed by atoms with Crippen molar-refractivity contribution in [3.63, 3.8) is 0 Å². The van der Waals surface area contributed by atoms with E-state index < -0.39 is 173 Å². The predicted molar refractivity (Wildman–Crippen MR) is 396 cm³/mol. The fraction of sp³-hybridized carbons (Fsp3) is 0.724. The van der Waals surface area contributed by atoms with Gasteiger partial charge in [0.1, 0.15) is 47.8 Å². The summed E-state index contributed by atoms with van der Waals surface area (Å²) in [5.74, 6) is -9.10. The van der Waals surface area contributed by atoms with E-state index in [1.807, 2.05) is 20.8 Å². The molecule has 1 aromatic carbocycles. The van der Waals surface area contributed by atoms with Crippen LogP contribution in [0.4, 0.5) is 13.2 Å². The number of carbonyl (C=O) groups excluding carboxylic acids is 12. The molecule has 2 aliphatic heterocycles. The third-order valence-corrected chi connectivity index (χ3v) is 23.7. The van der Waals surface area contributed by atoms with Gasteiger partial charge >= 0.3 is 6.18 Å². The van der Waals surface area contributed by atoms with Gasteiger partial charge in [-0.25, -0.2) is 4.98 Å². The van der Waals surface area contributed by atoms with Crippen LogP contribution < -0.4 is 16.0 Å². The Balaban J connectivity index is 1.33. The van der Waals surface area contributed by atoms with Crippen LogP contribution in [0.5, 0.6) is 0 Å². The molecule has 2 aromatic rings. The molecule has 3 heterocycles.